The van der Waals surface area contributed by atoms with E-state index in [9.17, 15) is 0 Å². The first kappa shape index (κ1) is 13.0. The van der Waals surface area contributed by atoms with E-state index >= 15 is 0 Å². The third kappa shape index (κ3) is 3.52. The van der Waals surface area contributed by atoms with E-state index < -0.39 is 0 Å². The molecule has 0 aromatic carbocycles. The van der Waals surface area contributed by atoms with Crippen molar-refractivity contribution in [2.45, 2.75) is 64.3 Å². The minimum Gasteiger partial charge on any atom is -0.325 e. The molecule has 1 saturated carbocycles. The molecule has 0 unspecified atom stereocenters. The summed E-state index contributed by atoms with van der Waals surface area (Å²) in [6, 6.07) is 0. The fourth-order valence-corrected chi connectivity index (χ4v) is 3.91. The highest BCUT2D eigenvalue weighted by atomic mass is 32.1. The third-order valence-electron chi connectivity index (χ3n) is 3.99. The van der Waals surface area contributed by atoms with Gasteiger partial charge in [-0.25, -0.2) is 4.98 Å². The van der Waals surface area contributed by atoms with Crippen LogP contribution in [0, 0.1) is 12.8 Å². The molecule has 2 N–H and O–H groups in total. The maximum atomic E-state index is 6.54. The molecule has 1 heterocycles. The van der Waals surface area contributed by atoms with Gasteiger partial charge in [0.1, 0.15) is 0 Å². The standard InChI is InChI=1S/C14H24N2S/c1-3-4-12-5-7-14(15,8-6-12)9-13-10-16-11(2)17-13/h10,12H,3-9,15H2,1-2H3. The second kappa shape index (κ2) is 5.49. The van der Waals surface area contributed by atoms with Gasteiger partial charge in [-0.3, -0.25) is 0 Å². The zero-order valence-corrected chi connectivity index (χ0v) is 11.9. The average Bonchev–Trinajstić information content (AvgIpc) is 2.68. The highest BCUT2D eigenvalue weighted by Crippen LogP contribution is 2.35. The van der Waals surface area contributed by atoms with Crippen LogP contribution in [0.2, 0.25) is 0 Å². The van der Waals surface area contributed by atoms with E-state index in [1.165, 1.54) is 43.4 Å². The van der Waals surface area contributed by atoms with Crippen molar-refractivity contribution >= 4 is 11.3 Å². The third-order valence-corrected chi connectivity index (χ3v) is 4.91. The first-order valence-electron chi connectivity index (χ1n) is 6.81. The molecule has 2 rings (SSSR count). The molecule has 1 aliphatic carbocycles. The molecule has 0 spiro atoms. The van der Waals surface area contributed by atoms with Crippen LogP contribution in [0.4, 0.5) is 0 Å². The summed E-state index contributed by atoms with van der Waals surface area (Å²) in [7, 11) is 0. The molecular formula is C14H24N2S. The van der Waals surface area contributed by atoms with Crippen molar-refractivity contribution in [2.24, 2.45) is 11.7 Å². The van der Waals surface area contributed by atoms with Crippen LogP contribution in [0.5, 0.6) is 0 Å². The smallest absolute Gasteiger partial charge is 0.0896 e. The monoisotopic (exact) mass is 252 g/mol. The summed E-state index contributed by atoms with van der Waals surface area (Å²) >= 11 is 1.80. The van der Waals surface area contributed by atoms with Crippen molar-refractivity contribution in [2.75, 3.05) is 0 Å². The first-order valence-corrected chi connectivity index (χ1v) is 7.63. The number of thiazole rings is 1. The maximum Gasteiger partial charge on any atom is 0.0896 e. The fraction of sp³-hybridized carbons (Fsp3) is 0.786. The van der Waals surface area contributed by atoms with Crippen LogP contribution in [0.25, 0.3) is 0 Å². The minimum absolute atomic E-state index is 0.0449. The highest BCUT2D eigenvalue weighted by Gasteiger charge is 2.31. The predicted octanol–water partition coefficient (Wildman–Crippen LogP) is 3.68. The molecule has 1 aromatic heterocycles. The lowest BCUT2D eigenvalue weighted by Crippen LogP contribution is -2.45. The lowest BCUT2D eigenvalue weighted by Gasteiger charge is -2.37. The highest BCUT2D eigenvalue weighted by molar-refractivity contribution is 7.11. The summed E-state index contributed by atoms with van der Waals surface area (Å²) < 4.78 is 0. The Kier molecular flexibility index (Phi) is 4.21. The Balaban J connectivity index is 1.89. The van der Waals surface area contributed by atoms with Gasteiger partial charge in [0, 0.05) is 23.0 Å². The zero-order valence-electron chi connectivity index (χ0n) is 11.0. The lowest BCUT2D eigenvalue weighted by molar-refractivity contribution is 0.224. The topological polar surface area (TPSA) is 38.9 Å². The molecule has 0 atom stereocenters. The van der Waals surface area contributed by atoms with Crippen molar-refractivity contribution in [1.29, 1.82) is 0 Å². The van der Waals surface area contributed by atoms with E-state index in [4.69, 9.17) is 5.73 Å². The summed E-state index contributed by atoms with van der Waals surface area (Å²) in [5.41, 5.74) is 6.58. The van der Waals surface area contributed by atoms with Crippen molar-refractivity contribution in [3.8, 4) is 0 Å². The van der Waals surface area contributed by atoms with Gasteiger partial charge in [-0.05, 0) is 38.5 Å². The Morgan fingerprint density at radius 2 is 2.18 bits per heavy atom. The van der Waals surface area contributed by atoms with Gasteiger partial charge in [-0.1, -0.05) is 19.8 Å². The molecule has 1 aliphatic rings. The van der Waals surface area contributed by atoms with Gasteiger partial charge < -0.3 is 5.73 Å². The number of aromatic nitrogens is 1. The Hall–Kier alpha value is -0.410. The molecular weight excluding hydrogens is 228 g/mol. The van der Waals surface area contributed by atoms with Crippen molar-refractivity contribution in [1.82, 2.24) is 4.98 Å². The van der Waals surface area contributed by atoms with Crippen LogP contribution in [-0.2, 0) is 6.42 Å². The van der Waals surface area contributed by atoms with E-state index in [0.717, 1.165) is 17.3 Å². The molecule has 96 valence electrons. The molecule has 0 radical (unpaired) electrons. The van der Waals surface area contributed by atoms with Crippen LogP contribution in [-0.4, -0.2) is 10.5 Å². The van der Waals surface area contributed by atoms with Crippen molar-refractivity contribution < 1.29 is 0 Å². The number of nitrogens with two attached hydrogens (primary N) is 1. The number of rotatable bonds is 4. The van der Waals surface area contributed by atoms with Gasteiger partial charge in [0.2, 0.25) is 0 Å². The zero-order chi connectivity index (χ0) is 12.3. The summed E-state index contributed by atoms with van der Waals surface area (Å²) in [6.45, 7) is 4.35. The number of nitrogens with zero attached hydrogens (tertiary/aromatic N) is 1. The average molecular weight is 252 g/mol. The molecule has 0 aliphatic heterocycles. The van der Waals surface area contributed by atoms with Crippen LogP contribution >= 0.6 is 11.3 Å². The van der Waals surface area contributed by atoms with Gasteiger partial charge in [0.05, 0.1) is 5.01 Å². The number of hydrogen-bond donors (Lipinski definition) is 1. The normalized spacial score (nSPS) is 29.5. The van der Waals surface area contributed by atoms with E-state index in [-0.39, 0.29) is 5.54 Å². The Morgan fingerprint density at radius 1 is 1.47 bits per heavy atom. The largest absolute Gasteiger partial charge is 0.325 e. The van der Waals surface area contributed by atoms with Crippen molar-refractivity contribution in [3.05, 3.63) is 16.1 Å². The molecule has 2 nitrogen and oxygen atoms in total. The molecule has 1 aromatic rings. The summed E-state index contributed by atoms with van der Waals surface area (Å²) in [4.78, 5) is 5.68. The van der Waals surface area contributed by atoms with E-state index in [0.29, 0.717) is 0 Å². The summed E-state index contributed by atoms with van der Waals surface area (Å²) in [5, 5.41) is 1.16. The van der Waals surface area contributed by atoms with Gasteiger partial charge in [-0.15, -0.1) is 11.3 Å². The van der Waals surface area contributed by atoms with Gasteiger partial charge in [0.25, 0.3) is 0 Å². The van der Waals surface area contributed by atoms with Crippen LogP contribution in [0.1, 0.15) is 55.3 Å². The second-order valence-corrected chi connectivity index (χ2v) is 6.94. The maximum absolute atomic E-state index is 6.54. The quantitative estimate of drug-likeness (QED) is 0.887. The summed E-state index contributed by atoms with van der Waals surface area (Å²) in [6.07, 6.45) is 10.8. The molecule has 3 heteroatoms. The first-order chi connectivity index (χ1) is 8.11. The van der Waals surface area contributed by atoms with Gasteiger partial charge in [-0.2, -0.15) is 0 Å². The number of aryl methyl sites for hydroxylation is 1. The van der Waals surface area contributed by atoms with Gasteiger partial charge in [0.15, 0.2) is 0 Å². The lowest BCUT2D eigenvalue weighted by atomic mass is 9.74. The van der Waals surface area contributed by atoms with Crippen LogP contribution in [0.15, 0.2) is 6.20 Å². The van der Waals surface area contributed by atoms with Crippen molar-refractivity contribution in [3.63, 3.8) is 0 Å². The molecule has 0 bridgehead atoms. The number of hydrogen-bond acceptors (Lipinski definition) is 3. The SMILES string of the molecule is CCCC1CCC(N)(Cc2cnc(C)s2)CC1. The van der Waals surface area contributed by atoms with E-state index in [1.54, 1.807) is 11.3 Å². The predicted molar refractivity (Wildman–Crippen MR) is 74.3 cm³/mol. The fourth-order valence-electron chi connectivity index (χ4n) is 2.96. The molecule has 0 amide bonds. The molecule has 0 saturated heterocycles. The minimum atomic E-state index is 0.0449. The second-order valence-electron chi connectivity index (χ2n) is 5.62. The van der Waals surface area contributed by atoms with Gasteiger partial charge >= 0.3 is 0 Å². The Morgan fingerprint density at radius 3 is 2.71 bits per heavy atom. The van der Waals surface area contributed by atoms with E-state index in [1.807, 2.05) is 6.20 Å². The van der Waals surface area contributed by atoms with Crippen LogP contribution in [0.3, 0.4) is 0 Å². The Labute approximate surface area is 109 Å². The van der Waals surface area contributed by atoms with Crippen LogP contribution < -0.4 is 5.73 Å². The summed E-state index contributed by atoms with van der Waals surface area (Å²) in [5.74, 6) is 0.930. The Bertz CT molecular complexity index is 351. The molecule has 17 heavy (non-hydrogen) atoms. The molecule has 1 fully saturated rings. The van der Waals surface area contributed by atoms with E-state index in [2.05, 4.69) is 18.8 Å².